The molecule has 3 aliphatic rings. The van der Waals surface area contributed by atoms with Crippen LogP contribution < -0.4 is 0 Å². The van der Waals surface area contributed by atoms with Crippen molar-refractivity contribution in [3.63, 3.8) is 0 Å². The van der Waals surface area contributed by atoms with E-state index in [2.05, 4.69) is 193 Å². The van der Waals surface area contributed by atoms with E-state index in [4.69, 9.17) is 0 Å². The first-order valence-corrected chi connectivity index (χ1v) is 19.1. The van der Waals surface area contributed by atoms with Crippen LogP contribution >= 0.6 is 0 Å². The number of allylic oxidation sites excluding steroid dienone is 8. The number of hydrogen-bond donors (Lipinski definition) is 0. The molecule has 2 aromatic heterocycles. The summed E-state index contributed by atoms with van der Waals surface area (Å²) in [5, 5.41) is 5.20. The van der Waals surface area contributed by atoms with Crippen LogP contribution in [-0.2, 0) is 5.41 Å². The van der Waals surface area contributed by atoms with Crippen LogP contribution in [0, 0.1) is 5.92 Å². The van der Waals surface area contributed by atoms with Gasteiger partial charge in [-0.25, -0.2) is 0 Å². The zero-order valence-electron chi connectivity index (χ0n) is 30.1. The number of para-hydroxylation sites is 2. The van der Waals surface area contributed by atoms with Gasteiger partial charge in [-0.3, -0.25) is 0 Å². The summed E-state index contributed by atoms with van der Waals surface area (Å²) in [6, 6.07) is 48.0. The third-order valence-corrected chi connectivity index (χ3v) is 12.4. The van der Waals surface area contributed by atoms with Gasteiger partial charge in [-0.15, -0.1) is 0 Å². The highest BCUT2D eigenvalue weighted by atomic mass is 15.0. The van der Waals surface area contributed by atoms with Crippen molar-refractivity contribution in [1.82, 2.24) is 9.13 Å². The summed E-state index contributed by atoms with van der Waals surface area (Å²) in [6.45, 7) is 4.78. The maximum atomic E-state index is 2.63. The summed E-state index contributed by atoms with van der Waals surface area (Å²) in [5.74, 6) is 0.472. The molecule has 8 aromatic rings. The van der Waals surface area contributed by atoms with Gasteiger partial charge in [0.2, 0.25) is 0 Å². The zero-order chi connectivity index (χ0) is 35.3. The van der Waals surface area contributed by atoms with E-state index in [0.29, 0.717) is 5.92 Å². The Morgan fingerprint density at radius 3 is 2.06 bits per heavy atom. The van der Waals surface area contributed by atoms with Gasteiger partial charge in [-0.05, 0) is 106 Å². The maximum absolute atomic E-state index is 2.63. The Bertz CT molecular complexity index is 2920. The van der Waals surface area contributed by atoms with Crippen molar-refractivity contribution in [2.45, 2.75) is 38.1 Å². The smallest absolute Gasteiger partial charge is 0.0560 e. The second kappa shape index (κ2) is 11.4. The first-order valence-electron chi connectivity index (χ1n) is 19.1. The molecule has 0 bridgehead atoms. The van der Waals surface area contributed by atoms with Crippen LogP contribution in [0.25, 0.3) is 71.6 Å². The van der Waals surface area contributed by atoms with Crippen LogP contribution in [0.4, 0.5) is 0 Å². The Morgan fingerprint density at radius 2 is 1.26 bits per heavy atom. The van der Waals surface area contributed by atoms with Crippen molar-refractivity contribution in [3.05, 3.63) is 187 Å². The summed E-state index contributed by atoms with van der Waals surface area (Å²) in [7, 11) is 0. The molecule has 0 saturated heterocycles. The van der Waals surface area contributed by atoms with Crippen LogP contribution in [0.2, 0.25) is 0 Å². The molecule has 0 spiro atoms. The van der Waals surface area contributed by atoms with Gasteiger partial charge in [0, 0.05) is 44.1 Å². The fourth-order valence-electron chi connectivity index (χ4n) is 9.71. The molecule has 0 saturated carbocycles. The molecule has 2 unspecified atom stereocenters. The molecule has 0 N–H and O–H groups in total. The molecule has 3 aliphatic carbocycles. The summed E-state index contributed by atoms with van der Waals surface area (Å²) >= 11 is 0. The summed E-state index contributed by atoms with van der Waals surface area (Å²) in [6.07, 6.45) is 18.4. The van der Waals surface area contributed by atoms with Crippen molar-refractivity contribution in [2.75, 3.05) is 0 Å². The first kappa shape index (κ1) is 30.5. The van der Waals surface area contributed by atoms with E-state index < -0.39 is 0 Å². The Kier molecular flexibility index (Phi) is 6.58. The molecule has 0 aliphatic heterocycles. The number of aromatic nitrogens is 2. The SMILES string of the molecule is CC1(C)c2ccccc2-c2cc3c4cc(-c5ccc6c(c5)c5ccccc5n6-c5ccccc5)ccc4n(C4C=CC(C5C=CC=CC5)=CC4)c3cc21. The second-order valence-corrected chi connectivity index (χ2v) is 15.6. The average Bonchev–Trinajstić information content (AvgIpc) is 3.80. The molecule has 2 heterocycles. The van der Waals surface area contributed by atoms with E-state index in [1.165, 1.54) is 88.3 Å². The molecule has 53 heavy (non-hydrogen) atoms. The van der Waals surface area contributed by atoms with Gasteiger partial charge in [0.1, 0.15) is 0 Å². The number of fused-ring (bicyclic) bond motifs is 9. The van der Waals surface area contributed by atoms with Crippen LogP contribution in [0.3, 0.4) is 0 Å². The Balaban J connectivity index is 1.10. The van der Waals surface area contributed by atoms with E-state index in [0.717, 1.165) is 12.8 Å². The van der Waals surface area contributed by atoms with Gasteiger partial charge in [0.05, 0.1) is 22.6 Å². The molecule has 6 aromatic carbocycles. The normalized spacial score (nSPS) is 18.6. The quantitative estimate of drug-likeness (QED) is 0.175. The van der Waals surface area contributed by atoms with Crippen molar-refractivity contribution in [2.24, 2.45) is 5.92 Å². The topological polar surface area (TPSA) is 9.86 Å². The number of nitrogens with zero attached hydrogens (tertiary/aromatic N) is 2. The molecule has 2 heteroatoms. The van der Waals surface area contributed by atoms with Crippen LogP contribution in [0.15, 0.2) is 175 Å². The van der Waals surface area contributed by atoms with Gasteiger partial charge in [0.25, 0.3) is 0 Å². The molecule has 0 amide bonds. The highest BCUT2D eigenvalue weighted by molar-refractivity contribution is 6.13. The lowest BCUT2D eigenvalue weighted by molar-refractivity contribution is 0.630. The maximum Gasteiger partial charge on any atom is 0.0560 e. The predicted octanol–water partition coefficient (Wildman–Crippen LogP) is 13.4. The molecule has 0 fully saturated rings. The lowest BCUT2D eigenvalue weighted by Crippen LogP contribution is -2.15. The zero-order valence-corrected chi connectivity index (χ0v) is 30.1. The van der Waals surface area contributed by atoms with E-state index in [1.54, 1.807) is 0 Å². The molecular formula is C51H40N2. The minimum Gasteiger partial charge on any atom is -0.333 e. The molecule has 254 valence electrons. The predicted molar refractivity (Wildman–Crippen MR) is 224 cm³/mol. The van der Waals surface area contributed by atoms with Gasteiger partial charge < -0.3 is 9.13 Å². The molecule has 0 radical (unpaired) electrons. The van der Waals surface area contributed by atoms with Gasteiger partial charge in [0.15, 0.2) is 0 Å². The van der Waals surface area contributed by atoms with Crippen molar-refractivity contribution in [3.8, 4) is 27.9 Å². The molecule has 11 rings (SSSR count). The Morgan fingerprint density at radius 1 is 0.547 bits per heavy atom. The van der Waals surface area contributed by atoms with E-state index in [-0.39, 0.29) is 11.5 Å². The third-order valence-electron chi connectivity index (χ3n) is 12.4. The lowest BCUT2D eigenvalue weighted by atomic mass is 9.82. The van der Waals surface area contributed by atoms with Gasteiger partial charge in [-0.2, -0.15) is 0 Å². The second-order valence-electron chi connectivity index (χ2n) is 15.6. The van der Waals surface area contributed by atoms with E-state index >= 15 is 0 Å². The highest BCUT2D eigenvalue weighted by Gasteiger charge is 2.36. The molecule has 2 nitrogen and oxygen atoms in total. The third kappa shape index (κ3) is 4.51. The summed E-state index contributed by atoms with van der Waals surface area (Å²) < 4.78 is 5.02. The Hall–Kier alpha value is -6.12. The first-order chi connectivity index (χ1) is 26.0. The fourth-order valence-corrected chi connectivity index (χ4v) is 9.71. The summed E-state index contributed by atoms with van der Waals surface area (Å²) in [4.78, 5) is 0. The van der Waals surface area contributed by atoms with Crippen LogP contribution in [0.5, 0.6) is 0 Å². The highest BCUT2D eigenvalue weighted by Crippen LogP contribution is 2.51. The largest absolute Gasteiger partial charge is 0.333 e. The number of hydrogen-bond acceptors (Lipinski definition) is 0. The Labute approximate surface area is 310 Å². The monoisotopic (exact) mass is 680 g/mol. The van der Waals surface area contributed by atoms with E-state index in [1.807, 2.05) is 0 Å². The van der Waals surface area contributed by atoms with Crippen LogP contribution in [-0.4, -0.2) is 9.13 Å². The molecular weight excluding hydrogens is 641 g/mol. The van der Waals surface area contributed by atoms with Gasteiger partial charge in [-0.1, -0.05) is 129 Å². The lowest BCUT2D eigenvalue weighted by Gasteiger charge is -2.25. The number of rotatable bonds is 4. The van der Waals surface area contributed by atoms with Crippen LogP contribution in [0.1, 0.15) is 43.9 Å². The van der Waals surface area contributed by atoms with Crippen molar-refractivity contribution in [1.29, 1.82) is 0 Å². The van der Waals surface area contributed by atoms with Gasteiger partial charge >= 0.3 is 0 Å². The average molecular weight is 681 g/mol. The molecule has 2 atom stereocenters. The van der Waals surface area contributed by atoms with Crippen molar-refractivity contribution >= 4 is 43.6 Å². The number of benzene rings is 6. The van der Waals surface area contributed by atoms with E-state index in [9.17, 15) is 0 Å². The standard InChI is InChI=1S/C51H40N2/c1-51(2)45-19-11-9-17-39(45)41-31-44-43-30-36(35-23-27-48-42(29-35)40-18-10-12-20-47(40)52(48)37-15-7-4-8-16-37)24-28-49(43)53(50(44)32-46(41)51)38-25-21-34(22-26-38)33-13-5-3-6-14-33/h3-13,15-25,27-33,38H,14,26H2,1-2H3. The minimum absolute atomic E-state index is 0.0583. The fraction of sp³-hybridized carbons (Fsp3) is 0.137. The van der Waals surface area contributed by atoms with Crippen molar-refractivity contribution < 1.29 is 0 Å². The minimum atomic E-state index is -0.0583. The summed E-state index contributed by atoms with van der Waals surface area (Å²) in [5.41, 5.74) is 15.7.